The van der Waals surface area contributed by atoms with Crippen molar-refractivity contribution >= 4 is 16.0 Å². The zero-order valence-electron chi connectivity index (χ0n) is 17.9. The highest BCUT2D eigenvalue weighted by molar-refractivity contribution is 7.89. The van der Waals surface area contributed by atoms with E-state index in [0.717, 1.165) is 23.8 Å². The summed E-state index contributed by atoms with van der Waals surface area (Å²) in [6, 6.07) is 8.34. The Balaban J connectivity index is 2.00. The summed E-state index contributed by atoms with van der Waals surface area (Å²) >= 11 is 0. The van der Waals surface area contributed by atoms with Crippen LogP contribution in [0.4, 0.5) is 0 Å². The number of nitrogens with zero attached hydrogens (tertiary/aromatic N) is 4. The number of guanidine groups is 1. The van der Waals surface area contributed by atoms with Crippen LogP contribution in [0.25, 0.3) is 0 Å². The molecule has 160 valence electrons. The fourth-order valence-corrected chi connectivity index (χ4v) is 4.03. The first-order valence-electron chi connectivity index (χ1n) is 9.81. The molecule has 9 heteroatoms. The molecule has 0 radical (unpaired) electrons. The van der Waals surface area contributed by atoms with Crippen molar-refractivity contribution in [2.75, 3.05) is 26.7 Å². The molecule has 0 unspecified atom stereocenters. The van der Waals surface area contributed by atoms with Crippen LogP contribution in [0.15, 0.2) is 46.4 Å². The number of benzene rings is 1. The van der Waals surface area contributed by atoms with E-state index in [-0.39, 0.29) is 11.4 Å². The third-order valence-electron chi connectivity index (χ3n) is 4.31. The monoisotopic (exact) mass is 420 g/mol. The van der Waals surface area contributed by atoms with E-state index < -0.39 is 10.0 Å². The van der Waals surface area contributed by atoms with Crippen molar-refractivity contribution in [1.82, 2.24) is 24.7 Å². The fourth-order valence-electron chi connectivity index (χ4n) is 2.99. The van der Waals surface area contributed by atoms with Gasteiger partial charge in [0.25, 0.3) is 0 Å². The van der Waals surface area contributed by atoms with Crippen molar-refractivity contribution < 1.29 is 8.42 Å². The minimum Gasteiger partial charge on any atom is -0.357 e. The molecule has 0 bridgehead atoms. The fraction of sp³-hybridized carbons (Fsp3) is 0.500. The third kappa shape index (κ3) is 6.57. The van der Waals surface area contributed by atoms with Gasteiger partial charge in [0, 0.05) is 45.5 Å². The van der Waals surface area contributed by atoms with Gasteiger partial charge in [-0.3, -0.25) is 9.67 Å². The van der Waals surface area contributed by atoms with Gasteiger partial charge >= 0.3 is 0 Å². The van der Waals surface area contributed by atoms with Gasteiger partial charge in [-0.25, -0.2) is 13.1 Å². The summed E-state index contributed by atoms with van der Waals surface area (Å²) in [4.78, 5) is 6.85. The number of sulfonamides is 1. The summed E-state index contributed by atoms with van der Waals surface area (Å²) < 4.78 is 29.0. The highest BCUT2D eigenvalue weighted by atomic mass is 32.2. The summed E-state index contributed by atoms with van der Waals surface area (Å²) in [5.41, 5.74) is 2.23. The Morgan fingerprint density at radius 1 is 1.28 bits per heavy atom. The predicted octanol–water partition coefficient (Wildman–Crippen LogP) is 1.92. The standard InChI is InChI=1S/C20H32N6O2S/c1-6-21-20(25(4)14-17-15-26(5)24-19(17)16(2)3)22-12-13-23-29(27,28)18-10-8-7-9-11-18/h7-11,15-16,23H,6,12-14H2,1-5H3,(H,21,22). The van der Waals surface area contributed by atoms with Crippen molar-refractivity contribution in [3.05, 3.63) is 47.8 Å². The van der Waals surface area contributed by atoms with E-state index in [1.165, 1.54) is 0 Å². The Kier molecular flexibility index (Phi) is 8.21. The average molecular weight is 421 g/mol. The topological polar surface area (TPSA) is 91.6 Å². The Hall–Kier alpha value is -2.39. The molecule has 29 heavy (non-hydrogen) atoms. The zero-order chi connectivity index (χ0) is 21.4. The van der Waals surface area contributed by atoms with Gasteiger partial charge in [-0.1, -0.05) is 32.0 Å². The molecule has 2 N–H and O–H groups in total. The van der Waals surface area contributed by atoms with Gasteiger partial charge in [0.15, 0.2) is 5.96 Å². The van der Waals surface area contributed by atoms with E-state index in [4.69, 9.17) is 0 Å². The molecule has 0 spiro atoms. The number of aryl methyl sites for hydroxylation is 1. The van der Waals surface area contributed by atoms with Crippen LogP contribution in [-0.2, 0) is 23.6 Å². The molecule has 0 aliphatic carbocycles. The number of aliphatic imine (C=N–C) groups is 1. The molecule has 0 saturated carbocycles. The second-order valence-corrected chi connectivity index (χ2v) is 8.94. The van der Waals surface area contributed by atoms with E-state index in [1.807, 2.05) is 36.8 Å². The van der Waals surface area contributed by atoms with E-state index in [1.54, 1.807) is 30.3 Å². The lowest BCUT2D eigenvalue weighted by atomic mass is 10.1. The van der Waals surface area contributed by atoms with Crippen LogP contribution in [0.1, 0.15) is 37.9 Å². The van der Waals surface area contributed by atoms with E-state index in [9.17, 15) is 8.42 Å². The Morgan fingerprint density at radius 2 is 1.97 bits per heavy atom. The van der Waals surface area contributed by atoms with Gasteiger partial charge < -0.3 is 10.2 Å². The summed E-state index contributed by atoms with van der Waals surface area (Å²) in [6.07, 6.45) is 2.03. The van der Waals surface area contributed by atoms with Gasteiger partial charge in [-0.05, 0) is 25.0 Å². The molecule has 0 saturated heterocycles. The molecule has 1 aromatic carbocycles. The predicted molar refractivity (Wildman–Crippen MR) is 116 cm³/mol. The summed E-state index contributed by atoms with van der Waals surface area (Å²) in [7, 11) is 0.373. The Morgan fingerprint density at radius 3 is 2.59 bits per heavy atom. The number of hydrogen-bond acceptors (Lipinski definition) is 4. The Labute approximate surface area is 174 Å². The van der Waals surface area contributed by atoms with Crippen molar-refractivity contribution in [2.45, 2.75) is 38.1 Å². The second-order valence-electron chi connectivity index (χ2n) is 7.17. The van der Waals surface area contributed by atoms with Crippen molar-refractivity contribution in [2.24, 2.45) is 12.0 Å². The van der Waals surface area contributed by atoms with Crippen LogP contribution in [0.5, 0.6) is 0 Å². The molecule has 0 amide bonds. The molecular weight excluding hydrogens is 388 g/mol. The quantitative estimate of drug-likeness (QED) is 0.367. The first-order chi connectivity index (χ1) is 13.7. The van der Waals surface area contributed by atoms with Gasteiger partial charge in [-0.2, -0.15) is 5.10 Å². The van der Waals surface area contributed by atoms with Crippen LogP contribution in [0.2, 0.25) is 0 Å². The van der Waals surface area contributed by atoms with Crippen LogP contribution >= 0.6 is 0 Å². The molecule has 0 aliphatic heterocycles. The summed E-state index contributed by atoms with van der Waals surface area (Å²) in [5.74, 6) is 1.07. The van der Waals surface area contributed by atoms with E-state index >= 15 is 0 Å². The minimum atomic E-state index is -3.52. The van der Waals surface area contributed by atoms with E-state index in [2.05, 4.69) is 34.0 Å². The third-order valence-corrected chi connectivity index (χ3v) is 5.78. The molecule has 1 heterocycles. The maximum absolute atomic E-state index is 12.3. The highest BCUT2D eigenvalue weighted by Crippen LogP contribution is 2.18. The largest absolute Gasteiger partial charge is 0.357 e. The molecule has 2 rings (SSSR count). The van der Waals surface area contributed by atoms with Crippen molar-refractivity contribution in [1.29, 1.82) is 0 Å². The molecule has 2 aromatic rings. The number of hydrogen-bond donors (Lipinski definition) is 2. The Bertz CT molecular complexity index is 906. The lowest BCUT2D eigenvalue weighted by Gasteiger charge is -2.22. The van der Waals surface area contributed by atoms with Crippen LogP contribution in [0.3, 0.4) is 0 Å². The summed E-state index contributed by atoms with van der Waals surface area (Å²) in [5, 5.41) is 7.81. The first-order valence-corrected chi connectivity index (χ1v) is 11.3. The molecular formula is C20H32N6O2S. The van der Waals surface area contributed by atoms with Crippen molar-refractivity contribution in [3.63, 3.8) is 0 Å². The maximum Gasteiger partial charge on any atom is 0.240 e. The van der Waals surface area contributed by atoms with Gasteiger partial charge in [0.05, 0.1) is 17.1 Å². The number of aromatic nitrogens is 2. The van der Waals surface area contributed by atoms with Crippen molar-refractivity contribution in [3.8, 4) is 0 Å². The SMILES string of the molecule is CCNC(=NCCNS(=O)(=O)c1ccccc1)N(C)Cc1cn(C)nc1C(C)C. The molecule has 8 nitrogen and oxygen atoms in total. The smallest absolute Gasteiger partial charge is 0.240 e. The van der Waals surface area contributed by atoms with Gasteiger partial charge in [0.1, 0.15) is 0 Å². The summed E-state index contributed by atoms with van der Waals surface area (Å²) in [6.45, 7) is 8.22. The van der Waals surface area contributed by atoms with Gasteiger partial charge in [0.2, 0.25) is 10.0 Å². The number of rotatable bonds is 9. The average Bonchev–Trinajstić information content (AvgIpc) is 3.05. The van der Waals surface area contributed by atoms with Crippen LogP contribution < -0.4 is 10.0 Å². The lowest BCUT2D eigenvalue weighted by Crippen LogP contribution is -2.39. The van der Waals surface area contributed by atoms with Gasteiger partial charge in [-0.15, -0.1) is 0 Å². The maximum atomic E-state index is 12.3. The lowest BCUT2D eigenvalue weighted by molar-refractivity contribution is 0.473. The minimum absolute atomic E-state index is 0.226. The molecule has 0 fully saturated rings. The van der Waals surface area contributed by atoms with Crippen LogP contribution in [0, 0.1) is 0 Å². The first kappa shape index (κ1) is 22.9. The second kappa shape index (κ2) is 10.4. The highest BCUT2D eigenvalue weighted by Gasteiger charge is 2.15. The molecule has 0 aliphatic rings. The normalized spacial score (nSPS) is 12.4. The zero-order valence-corrected chi connectivity index (χ0v) is 18.7. The molecule has 1 aromatic heterocycles. The van der Waals surface area contributed by atoms with Crippen LogP contribution in [-0.4, -0.2) is 55.7 Å². The number of nitrogens with one attached hydrogen (secondary N) is 2. The molecule has 0 atom stereocenters. The van der Waals surface area contributed by atoms with E-state index in [0.29, 0.717) is 19.0 Å².